The average Bonchev–Trinajstić information content (AvgIpc) is 3.17. The number of hydrogen-bond acceptors (Lipinski definition) is 5. The minimum absolute atomic E-state index is 0.147. The Bertz CT molecular complexity index is 1390. The molecule has 0 saturated heterocycles. The highest BCUT2D eigenvalue weighted by molar-refractivity contribution is 6.34. The van der Waals surface area contributed by atoms with Crippen LogP contribution in [0.2, 0.25) is 5.02 Å². The summed E-state index contributed by atoms with van der Waals surface area (Å²) in [6.07, 6.45) is 1.53. The van der Waals surface area contributed by atoms with Gasteiger partial charge < -0.3 is 16.4 Å². The number of anilines is 1. The number of primary amides is 1. The second-order valence-corrected chi connectivity index (χ2v) is 7.39. The minimum atomic E-state index is -1.04. The maximum absolute atomic E-state index is 14.1. The number of halogens is 3. The number of hydrogen-bond donors (Lipinski definition) is 3. The third-order valence-corrected chi connectivity index (χ3v) is 5.10. The molecule has 0 atom stereocenters. The predicted molar refractivity (Wildman–Crippen MR) is 117 cm³/mol. The van der Waals surface area contributed by atoms with Crippen LogP contribution in [0.4, 0.5) is 14.6 Å². The van der Waals surface area contributed by atoms with Crippen molar-refractivity contribution in [3.63, 3.8) is 0 Å². The third-order valence-electron chi connectivity index (χ3n) is 4.79. The molecular formula is C21H17ClF2N6O2. The summed E-state index contributed by atoms with van der Waals surface area (Å²) >= 11 is 6.20. The molecule has 0 unspecified atom stereocenters. The molecule has 4 N–H and O–H groups in total. The molecule has 8 nitrogen and oxygen atoms in total. The van der Waals surface area contributed by atoms with Gasteiger partial charge >= 0.3 is 0 Å². The van der Waals surface area contributed by atoms with Crippen LogP contribution in [0, 0.1) is 11.6 Å². The van der Waals surface area contributed by atoms with Gasteiger partial charge in [-0.1, -0.05) is 17.7 Å². The number of nitrogens with two attached hydrogens (primary N) is 1. The highest BCUT2D eigenvalue weighted by Crippen LogP contribution is 2.31. The fourth-order valence-electron chi connectivity index (χ4n) is 3.34. The van der Waals surface area contributed by atoms with Gasteiger partial charge in [-0.2, -0.15) is 0 Å². The van der Waals surface area contributed by atoms with Crippen LogP contribution < -0.4 is 16.4 Å². The van der Waals surface area contributed by atoms with Crippen molar-refractivity contribution >= 4 is 45.9 Å². The Kier molecular flexibility index (Phi) is 5.62. The first-order valence-corrected chi connectivity index (χ1v) is 9.88. The van der Waals surface area contributed by atoms with Crippen LogP contribution in [0.1, 0.15) is 17.3 Å². The zero-order valence-electron chi connectivity index (χ0n) is 16.7. The first-order chi connectivity index (χ1) is 15.3. The van der Waals surface area contributed by atoms with Crippen LogP contribution in [0.15, 0.2) is 36.5 Å². The molecule has 0 saturated carbocycles. The predicted octanol–water partition coefficient (Wildman–Crippen LogP) is 3.13. The number of nitrogens with one attached hydrogen (secondary N) is 2. The maximum atomic E-state index is 14.1. The molecular weight excluding hydrogens is 442 g/mol. The molecule has 2 aromatic carbocycles. The van der Waals surface area contributed by atoms with Crippen LogP contribution >= 0.6 is 11.6 Å². The van der Waals surface area contributed by atoms with E-state index >= 15 is 0 Å². The van der Waals surface area contributed by atoms with E-state index in [0.29, 0.717) is 35.8 Å². The molecule has 0 bridgehead atoms. The molecule has 0 aliphatic heterocycles. The summed E-state index contributed by atoms with van der Waals surface area (Å²) < 4.78 is 29.6. The second-order valence-electron chi connectivity index (χ2n) is 6.99. The van der Waals surface area contributed by atoms with Gasteiger partial charge in [0.25, 0.3) is 0 Å². The van der Waals surface area contributed by atoms with Gasteiger partial charge in [-0.25, -0.2) is 18.7 Å². The smallest absolute Gasteiger partial charge is 0.250 e. The largest absolute Gasteiger partial charge is 0.366 e. The number of aromatic nitrogens is 3. The van der Waals surface area contributed by atoms with Crippen molar-refractivity contribution in [2.75, 3.05) is 18.4 Å². The Morgan fingerprint density at radius 3 is 2.59 bits per heavy atom. The molecule has 0 spiro atoms. The molecule has 2 aromatic heterocycles. The lowest BCUT2D eigenvalue weighted by Crippen LogP contribution is -2.26. The van der Waals surface area contributed by atoms with Gasteiger partial charge in [0, 0.05) is 37.7 Å². The number of benzene rings is 2. The van der Waals surface area contributed by atoms with Gasteiger partial charge in [0.2, 0.25) is 11.8 Å². The number of carbonyl (C=O) groups is 2. The number of nitrogens with zero attached hydrogens (tertiary/aromatic N) is 3. The fraction of sp³-hybridized carbons (Fsp3) is 0.143. The molecule has 0 fully saturated rings. The van der Waals surface area contributed by atoms with Gasteiger partial charge in [-0.05, 0) is 12.1 Å². The molecule has 0 aliphatic carbocycles. The van der Waals surface area contributed by atoms with Crippen LogP contribution in [-0.2, 0) is 4.79 Å². The number of carbonyl (C=O) groups excluding carboxylic acids is 2. The first-order valence-electron chi connectivity index (χ1n) is 9.50. The first kappa shape index (κ1) is 21.4. The molecule has 4 aromatic rings. The lowest BCUT2D eigenvalue weighted by Gasteiger charge is -2.12. The normalized spacial score (nSPS) is 11.1. The van der Waals surface area contributed by atoms with Crippen molar-refractivity contribution in [1.82, 2.24) is 19.7 Å². The average molecular weight is 459 g/mol. The Morgan fingerprint density at radius 2 is 1.91 bits per heavy atom. The van der Waals surface area contributed by atoms with E-state index in [1.165, 1.54) is 19.2 Å². The van der Waals surface area contributed by atoms with Crippen LogP contribution in [0.3, 0.4) is 0 Å². The highest BCUT2D eigenvalue weighted by atomic mass is 35.5. The van der Waals surface area contributed by atoms with Crippen molar-refractivity contribution in [3.8, 4) is 11.3 Å². The maximum Gasteiger partial charge on any atom is 0.250 e. The topological polar surface area (TPSA) is 114 Å². The summed E-state index contributed by atoms with van der Waals surface area (Å²) in [5.41, 5.74) is 7.40. The molecule has 11 heteroatoms. The minimum Gasteiger partial charge on any atom is -0.366 e. The Labute approximate surface area is 185 Å². The third kappa shape index (κ3) is 3.92. The summed E-state index contributed by atoms with van der Waals surface area (Å²) in [5.74, 6) is -2.60. The van der Waals surface area contributed by atoms with E-state index in [1.54, 1.807) is 16.5 Å². The number of imidazole rings is 1. The quantitative estimate of drug-likeness (QED) is 0.384. The summed E-state index contributed by atoms with van der Waals surface area (Å²) in [4.78, 5) is 31.3. The molecule has 2 heterocycles. The monoisotopic (exact) mass is 458 g/mol. The zero-order valence-corrected chi connectivity index (χ0v) is 17.5. The van der Waals surface area contributed by atoms with Crippen molar-refractivity contribution in [1.29, 1.82) is 0 Å². The van der Waals surface area contributed by atoms with E-state index in [4.69, 9.17) is 17.3 Å². The number of fused-ring (bicyclic) bond motifs is 3. The zero-order chi connectivity index (χ0) is 23.0. The van der Waals surface area contributed by atoms with Gasteiger partial charge in [0.1, 0.15) is 0 Å². The Morgan fingerprint density at radius 1 is 1.16 bits per heavy atom. The van der Waals surface area contributed by atoms with Gasteiger partial charge in [-0.15, -0.1) is 0 Å². The standard InChI is InChI=1S/C21H17ClF2N6O2/c1-10(31)26-4-5-27-20-21-28-9-18(11-2-3-12(19(25)32)13(22)6-11)30(21)17-8-15(24)14(23)7-16(17)29-20/h2-3,6-9H,4-5H2,1H3,(H2,25,32)(H,26,31)(H,27,29). The summed E-state index contributed by atoms with van der Waals surface area (Å²) in [6.45, 7) is 2.06. The van der Waals surface area contributed by atoms with Crippen molar-refractivity contribution in [2.24, 2.45) is 5.73 Å². The number of amides is 2. The van der Waals surface area contributed by atoms with Crippen LogP contribution in [0.25, 0.3) is 27.9 Å². The summed E-state index contributed by atoms with van der Waals surface area (Å²) in [5, 5.41) is 5.86. The summed E-state index contributed by atoms with van der Waals surface area (Å²) in [7, 11) is 0. The van der Waals surface area contributed by atoms with Gasteiger partial charge in [-0.3, -0.25) is 14.0 Å². The van der Waals surface area contributed by atoms with E-state index in [2.05, 4.69) is 20.6 Å². The second kappa shape index (κ2) is 8.39. The number of rotatable bonds is 6. The van der Waals surface area contributed by atoms with E-state index in [0.717, 1.165) is 12.1 Å². The van der Waals surface area contributed by atoms with E-state index < -0.39 is 17.5 Å². The Balaban J connectivity index is 1.89. The van der Waals surface area contributed by atoms with E-state index in [-0.39, 0.29) is 27.5 Å². The van der Waals surface area contributed by atoms with Crippen molar-refractivity contribution in [2.45, 2.75) is 6.92 Å². The van der Waals surface area contributed by atoms with Gasteiger partial charge in [0.05, 0.1) is 33.5 Å². The molecule has 32 heavy (non-hydrogen) atoms. The van der Waals surface area contributed by atoms with Crippen molar-refractivity contribution < 1.29 is 18.4 Å². The summed E-state index contributed by atoms with van der Waals surface area (Å²) in [6, 6.07) is 6.69. The van der Waals surface area contributed by atoms with E-state index in [9.17, 15) is 18.4 Å². The SMILES string of the molecule is CC(=O)NCCNc1nc2cc(F)c(F)cc2n2c(-c3ccc(C(N)=O)c(Cl)c3)cnc12. The molecule has 164 valence electrons. The molecule has 0 radical (unpaired) electrons. The molecule has 2 amide bonds. The lowest BCUT2D eigenvalue weighted by atomic mass is 10.1. The molecule has 0 aliphatic rings. The van der Waals surface area contributed by atoms with Gasteiger partial charge in [0.15, 0.2) is 23.1 Å². The molecule has 4 rings (SSSR count). The van der Waals surface area contributed by atoms with Crippen LogP contribution in [-0.4, -0.2) is 39.3 Å². The van der Waals surface area contributed by atoms with Crippen LogP contribution in [0.5, 0.6) is 0 Å². The fourth-order valence-corrected chi connectivity index (χ4v) is 3.62. The van der Waals surface area contributed by atoms with E-state index in [1.807, 2.05) is 0 Å². The highest BCUT2D eigenvalue weighted by Gasteiger charge is 2.18. The Hall–Kier alpha value is -3.79. The lowest BCUT2D eigenvalue weighted by molar-refractivity contribution is -0.118. The van der Waals surface area contributed by atoms with Crippen molar-refractivity contribution in [3.05, 3.63) is 58.7 Å².